The summed E-state index contributed by atoms with van der Waals surface area (Å²) in [6.07, 6.45) is 0. The minimum Gasteiger partial charge on any atom is -0.361 e. The Balaban J connectivity index is 2.02. The van der Waals surface area contributed by atoms with Crippen molar-refractivity contribution in [2.45, 2.75) is 32.4 Å². The number of halogens is 3. The fraction of sp³-hybridized carbons (Fsp3) is 0.368. The number of rotatable bonds is 8. The van der Waals surface area contributed by atoms with E-state index in [1.54, 1.807) is 10.6 Å². The number of carbonyl (C=O) groups excluding carboxylic acids is 1. The Labute approximate surface area is 185 Å². The smallest absolute Gasteiger partial charge is 0.192 e. The summed E-state index contributed by atoms with van der Waals surface area (Å²) < 4.78 is 22.9. The van der Waals surface area contributed by atoms with Crippen molar-refractivity contribution in [2.24, 2.45) is 0 Å². The first-order valence-corrected chi connectivity index (χ1v) is 15.3. The molecule has 0 atom stereocenters. The average molecular weight is 548 g/mol. The molecule has 9 heteroatoms. The summed E-state index contributed by atoms with van der Waals surface area (Å²) in [5.74, 6) is 0.250. The van der Waals surface area contributed by atoms with E-state index in [0.29, 0.717) is 27.4 Å². The standard InChI is InChI=1S/C19H21Br2FN2O2SSi/c1-28(2,3)8-7-26-11-24-16(15(25)9-20)18(21)23-19(24)13-10-27-17-12(13)5-4-6-14(17)22/h4-6,10H,7-9,11H2,1-3H3. The number of Topliss-reactive ketones (excluding diaryl/α,β-unsaturated/α-hetero) is 1. The number of benzene rings is 1. The van der Waals surface area contributed by atoms with Crippen LogP contribution in [0.15, 0.2) is 28.2 Å². The number of hydrogen-bond acceptors (Lipinski definition) is 4. The van der Waals surface area contributed by atoms with Gasteiger partial charge in [0.25, 0.3) is 0 Å². The lowest BCUT2D eigenvalue weighted by Crippen LogP contribution is -2.22. The van der Waals surface area contributed by atoms with Gasteiger partial charge in [0.2, 0.25) is 0 Å². The molecule has 28 heavy (non-hydrogen) atoms. The van der Waals surface area contributed by atoms with Crippen LogP contribution in [0.4, 0.5) is 4.39 Å². The van der Waals surface area contributed by atoms with Crippen molar-refractivity contribution in [1.29, 1.82) is 0 Å². The molecule has 0 N–H and O–H groups in total. The summed E-state index contributed by atoms with van der Waals surface area (Å²) in [6.45, 7) is 7.73. The molecule has 0 aliphatic rings. The highest BCUT2D eigenvalue weighted by Gasteiger charge is 2.24. The van der Waals surface area contributed by atoms with Crippen molar-refractivity contribution in [3.05, 3.63) is 39.7 Å². The predicted octanol–water partition coefficient (Wildman–Crippen LogP) is 6.56. The van der Waals surface area contributed by atoms with Crippen molar-refractivity contribution in [3.8, 4) is 11.4 Å². The van der Waals surface area contributed by atoms with Gasteiger partial charge in [-0.1, -0.05) is 47.7 Å². The molecule has 0 aliphatic carbocycles. The normalized spacial score (nSPS) is 12.1. The van der Waals surface area contributed by atoms with Gasteiger partial charge in [-0.3, -0.25) is 9.36 Å². The number of aromatic nitrogens is 2. The van der Waals surface area contributed by atoms with Gasteiger partial charge in [-0.05, 0) is 28.0 Å². The molecule has 0 unspecified atom stereocenters. The van der Waals surface area contributed by atoms with E-state index in [4.69, 9.17) is 4.74 Å². The van der Waals surface area contributed by atoms with Gasteiger partial charge in [-0.2, -0.15) is 0 Å². The molecule has 150 valence electrons. The molecule has 3 rings (SSSR count). The minimum absolute atomic E-state index is 0.0925. The Morgan fingerprint density at radius 1 is 1.36 bits per heavy atom. The van der Waals surface area contributed by atoms with Crippen LogP contribution in [0.25, 0.3) is 21.5 Å². The minimum atomic E-state index is -1.22. The van der Waals surface area contributed by atoms with Gasteiger partial charge in [0.05, 0.1) is 10.0 Å². The number of ether oxygens (including phenoxy) is 1. The number of alkyl halides is 1. The van der Waals surface area contributed by atoms with Gasteiger partial charge in [0.1, 0.15) is 28.7 Å². The maximum Gasteiger partial charge on any atom is 0.192 e. The lowest BCUT2D eigenvalue weighted by molar-refractivity contribution is 0.0821. The average Bonchev–Trinajstić information content (AvgIpc) is 3.19. The Morgan fingerprint density at radius 3 is 2.79 bits per heavy atom. The zero-order valence-corrected chi connectivity index (χ0v) is 20.9. The van der Waals surface area contributed by atoms with Crippen LogP contribution in [-0.4, -0.2) is 35.3 Å². The Kier molecular flexibility index (Phi) is 6.91. The molecule has 0 fully saturated rings. The zero-order chi connectivity index (χ0) is 20.5. The highest BCUT2D eigenvalue weighted by atomic mass is 79.9. The number of carbonyl (C=O) groups is 1. The maximum atomic E-state index is 14.1. The van der Waals surface area contributed by atoms with E-state index in [-0.39, 0.29) is 23.7 Å². The van der Waals surface area contributed by atoms with E-state index in [1.807, 2.05) is 11.4 Å². The summed E-state index contributed by atoms with van der Waals surface area (Å²) in [4.78, 5) is 17.1. The van der Waals surface area contributed by atoms with Crippen LogP contribution in [0.3, 0.4) is 0 Å². The fourth-order valence-electron chi connectivity index (χ4n) is 2.81. The van der Waals surface area contributed by atoms with Gasteiger partial charge in [0.15, 0.2) is 5.78 Å². The zero-order valence-electron chi connectivity index (χ0n) is 15.9. The summed E-state index contributed by atoms with van der Waals surface area (Å²) in [5, 5.41) is 2.84. The molecular formula is C19H21Br2FN2O2SSi. The van der Waals surface area contributed by atoms with Gasteiger partial charge in [-0.25, -0.2) is 9.37 Å². The van der Waals surface area contributed by atoms with E-state index in [0.717, 1.165) is 17.0 Å². The van der Waals surface area contributed by atoms with Crippen LogP contribution in [-0.2, 0) is 11.5 Å². The number of thiophene rings is 1. The topological polar surface area (TPSA) is 44.1 Å². The van der Waals surface area contributed by atoms with Crippen LogP contribution in [0, 0.1) is 5.82 Å². The monoisotopic (exact) mass is 546 g/mol. The van der Waals surface area contributed by atoms with Crippen molar-refractivity contribution in [2.75, 3.05) is 11.9 Å². The third-order valence-electron chi connectivity index (χ3n) is 4.32. The third kappa shape index (κ3) is 4.64. The highest BCUT2D eigenvalue weighted by Crippen LogP contribution is 2.37. The molecule has 0 amide bonds. The van der Waals surface area contributed by atoms with Gasteiger partial charge in [-0.15, -0.1) is 11.3 Å². The lowest BCUT2D eigenvalue weighted by Gasteiger charge is -2.17. The van der Waals surface area contributed by atoms with Crippen LogP contribution >= 0.6 is 43.2 Å². The van der Waals surface area contributed by atoms with Crippen molar-refractivity contribution < 1.29 is 13.9 Å². The van der Waals surface area contributed by atoms with Gasteiger partial charge >= 0.3 is 0 Å². The first kappa shape index (κ1) is 21.8. The van der Waals surface area contributed by atoms with Crippen LogP contribution < -0.4 is 0 Å². The molecule has 1 aromatic carbocycles. The first-order valence-electron chi connectivity index (χ1n) is 8.82. The second-order valence-electron chi connectivity index (χ2n) is 7.67. The molecule has 0 spiro atoms. The summed E-state index contributed by atoms with van der Waals surface area (Å²) in [7, 11) is -1.22. The molecule has 3 aromatic rings. The van der Waals surface area contributed by atoms with Gasteiger partial charge < -0.3 is 4.74 Å². The molecule has 0 aliphatic heterocycles. The van der Waals surface area contributed by atoms with E-state index in [9.17, 15) is 9.18 Å². The number of nitrogens with zero attached hydrogens (tertiary/aromatic N) is 2. The van der Waals surface area contributed by atoms with Crippen LogP contribution in [0.5, 0.6) is 0 Å². The van der Waals surface area contributed by atoms with Gasteiger partial charge in [0, 0.05) is 31.0 Å². The Morgan fingerprint density at radius 2 is 2.11 bits per heavy atom. The molecule has 0 radical (unpaired) electrons. The summed E-state index contributed by atoms with van der Waals surface area (Å²) in [6, 6.07) is 6.04. The second kappa shape index (κ2) is 8.87. The van der Waals surface area contributed by atoms with Crippen LogP contribution in [0.1, 0.15) is 10.5 Å². The van der Waals surface area contributed by atoms with Crippen molar-refractivity contribution in [1.82, 2.24) is 9.55 Å². The molecular weight excluding hydrogens is 527 g/mol. The van der Waals surface area contributed by atoms with E-state index < -0.39 is 8.07 Å². The van der Waals surface area contributed by atoms with E-state index in [1.165, 1.54) is 17.4 Å². The molecule has 0 bridgehead atoms. The van der Waals surface area contributed by atoms with Crippen LogP contribution in [0.2, 0.25) is 25.7 Å². The number of fused-ring (bicyclic) bond motifs is 1. The number of ketones is 1. The van der Waals surface area contributed by atoms with Crippen molar-refractivity contribution in [3.63, 3.8) is 0 Å². The third-order valence-corrected chi connectivity index (χ3v) is 8.09. The maximum absolute atomic E-state index is 14.1. The predicted molar refractivity (Wildman–Crippen MR) is 123 cm³/mol. The summed E-state index contributed by atoms with van der Waals surface area (Å²) >= 11 is 7.99. The molecule has 2 aromatic heterocycles. The first-order chi connectivity index (χ1) is 13.2. The number of imidazole rings is 1. The second-order valence-corrected chi connectivity index (χ2v) is 15.5. The Bertz CT molecular complexity index is 1010. The summed E-state index contributed by atoms with van der Waals surface area (Å²) in [5.41, 5.74) is 1.25. The Hall–Kier alpha value is -0.873. The SMILES string of the molecule is C[Si](C)(C)CCOCn1c(-c2csc3c(F)cccc23)nc(Br)c1C(=O)CBr. The fourth-order valence-corrected chi connectivity index (χ4v) is 5.39. The molecule has 2 heterocycles. The van der Waals surface area contributed by atoms with E-state index in [2.05, 4.69) is 56.5 Å². The quantitative estimate of drug-likeness (QED) is 0.139. The lowest BCUT2D eigenvalue weighted by atomic mass is 10.1. The molecule has 0 saturated heterocycles. The largest absolute Gasteiger partial charge is 0.361 e. The van der Waals surface area contributed by atoms with E-state index >= 15 is 0 Å². The van der Waals surface area contributed by atoms with Crippen molar-refractivity contribution >= 4 is 67.1 Å². The molecule has 0 saturated carbocycles. The molecule has 4 nitrogen and oxygen atoms in total. The number of hydrogen-bond donors (Lipinski definition) is 0. The highest BCUT2D eigenvalue weighted by molar-refractivity contribution is 9.10.